The number of nitrogen functional groups attached to an aromatic ring is 1. The van der Waals surface area contributed by atoms with Crippen LogP contribution in [0.2, 0.25) is 0 Å². The second kappa shape index (κ2) is 9.45. The molecule has 0 radical (unpaired) electrons. The Labute approximate surface area is 157 Å². The molecule has 26 heavy (non-hydrogen) atoms. The Hall–Kier alpha value is -3.03. The molecule has 1 aromatic heterocycles. The summed E-state index contributed by atoms with van der Waals surface area (Å²) in [7, 11) is 0. The van der Waals surface area contributed by atoms with Crippen molar-refractivity contribution >= 4 is 23.5 Å². The average molecular weight is 366 g/mol. The van der Waals surface area contributed by atoms with Crippen LogP contribution in [0, 0.1) is 22.7 Å². The molecule has 0 bridgehead atoms. The number of hydrogen-bond donors (Lipinski definition) is 2. The van der Waals surface area contributed by atoms with E-state index in [2.05, 4.69) is 22.4 Å². The third kappa shape index (κ3) is 5.51. The highest BCUT2D eigenvalue weighted by atomic mass is 32.2. The number of aryl methyl sites for hydroxylation is 1. The Morgan fingerprint density at radius 2 is 1.96 bits per heavy atom. The van der Waals surface area contributed by atoms with Gasteiger partial charge in [-0.2, -0.15) is 10.5 Å². The van der Waals surface area contributed by atoms with Crippen molar-refractivity contribution in [1.82, 2.24) is 5.32 Å². The van der Waals surface area contributed by atoms with Gasteiger partial charge in [-0.15, -0.1) is 0 Å². The minimum atomic E-state index is -0.115. The SMILES string of the molecule is C[C@@H](CCc1ccccc1)NC(=O)CSc1[nH+]c(N)c(C#N)cc1C#N. The van der Waals surface area contributed by atoms with Crippen molar-refractivity contribution in [1.29, 1.82) is 10.5 Å². The van der Waals surface area contributed by atoms with Gasteiger partial charge in [0.2, 0.25) is 5.91 Å². The molecule has 0 saturated carbocycles. The van der Waals surface area contributed by atoms with Crippen LogP contribution in [0.1, 0.15) is 30.0 Å². The summed E-state index contributed by atoms with van der Waals surface area (Å²) in [5.41, 5.74) is 7.49. The minimum Gasteiger partial charge on any atom is -0.353 e. The van der Waals surface area contributed by atoms with Crippen LogP contribution in [-0.4, -0.2) is 17.7 Å². The number of carbonyl (C=O) groups is 1. The normalized spacial score (nSPS) is 11.2. The number of hydrogen-bond acceptors (Lipinski definition) is 5. The largest absolute Gasteiger partial charge is 0.353 e. The smallest absolute Gasteiger partial charge is 0.289 e. The Morgan fingerprint density at radius 3 is 2.62 bits per heavy atom. The number of nitrogens with zero attached hydrogens (tertiary/aromatic N) is 2. The van der Waals surface area contributed by atoms with E-state index in [1.165, 1.54) is 23.4 Å². The molecule has 4 N–H and O–H groups in total. The number of benzene rings is 1. The summed E-state index contributed by atoms with van der Waals surface area (Å²) in [6, 6.07) is 15.5. The number of aromatic amines is 1. The van der Waals surface area contributed by atoms with E-state index < -0.39 is 0 Å². The third-order valence-corrected chi connectivity index (χ3v) is 4.79. The van der Waals surface area contributed by atoms with E-state index >= 15 is 0 Å². The maximum absolute atomic E-state index is 12.1. The number of pyridine rings is 1. The summed E-state index contributed by atoms with van der Waals surface area (Å²) in [4.78, 5) is 15.0. The van der Waals surface area contributed by atoms with Gasteiger partial charge < -0.3 is 5.32 Å². The molecule has 0 aliphatic rings. The molecule has 1 amide bonds. The highest BCUT2D eigenvalue weighted by molar-refractivity contribution is 7.99. The molecule has 2 aromatic rings. The topological polar surface area (TPSA) is 117 Å². The van der Waals surface area contributed by atoms with E-state index in [0.29, 0.717) is 10.6 Å². The first-order valence-corrected chi connectivity index (χ1v) is 9.14. The second-order valence-corrected chi connectivity index (χ2v) is 6.83. The molecular weight excluding hydrogens is 346 g/mol. The molecule has 0 spiro atoms. The summed E-state index contributed by atoms with van der Waals surface area (Å²) in [6.07, 6.45) is 1.74. The maximum Gasteiger partial charge on any atom is 0.289 e. The molecule has 1 aromatic carbocycles. The molecule has 6 nitrogen and oxygen atoms in total. The Balaban J connectivity index is 1.86. The zero-order chi connectivity index (χ0) is 18.9. The van der Waals surface area contributed by atoms with Gasteiger partial charge in [0.25, 0.3) is 5.82 Å². The highest BCUT2D eigenvalue weighted by Gasteiger charge is 2.16. The number of thioether (sulfide) groups is 1. The van der Waals surface area contributed by atoms with Crippen LogP contribution in [0.25, 0.3) is 0 Å². The van der Waals surface area contributed by atoms with E-state index in [1.54, 1.807) is 0 Å². The first-order chi connectivity index (χ1) is 12.5. The lowest BCUT2D eigenvalue weighted by molar-refractivity contribution is -0.410. The highest BCUT2D eigenvalue weighted by Crippen LogP contribution is 2.20. The first-order valence-electron chi connectivity index (χ1n) is 8.15. The lowest BCUT2D eigenvalue weighted by Crippen LogP contribution is -2.34. The van der Waals surface area contributed by atoms with Gasteiger partial charge in [-0.3, -0.25) is 10.5 Å². The van der Waals surface area contributed by atoms with E-state index in [9.17, 15) is 10.1 Å². The van der Waals surface area contributed by atoms with Gasteiger partial charge in [-0.05, 0) is 31.4 Å². The zero-order valence-corrected chi connectivity index (χ0v) is 15.3. The molecule has 0 aliphatic heterocycles. The van der Waals surface area contributed by atoms with Crippen LogP contribution in [0.3, 0.4) is 0 Å². The van der Waals surface area contributed by atoms with Crippen molar-refractivity contribution in [3.05, 3.63) is 53.1 Å². The first kappa shape index (κ1) is 19.3. The van der Waals surface area contributed by atoms with Crippen molar-refractivity contribution in [3.8, 4) is 12.1 Å². The molecule has 0 aliphatic carbocycles. The number of carbonyl (C=O) groups excluding carboxylic acids is 1. The number of aromatic nitrogens is 1. The standard InChI is InChI=1S/C19H19N5OS/c1-13(7-8-14-5-3-2-4-6-14)23-17(25)12-26-19-16(11-21)9-15(10-20)18(22)24-19/h2-6,9,13H,7-8,12H2,1H3,(H2,22,24)(H,23,25)/p+1/t13-/m0/s1. The fraction of sp³-hybridized carbons (Fsp3) is 0.263. The Bertz CT molecular complexity index is 855. The lowest BCUT2D eigenvalue weighted by atomic mass is 10.1. The minimum absolute atomic E-state index is 0.0498. The second-order valence-electron chi connectivity index (χ2n) is 5.84. The summed E-state index contributed by atoms with van der Waals surface area (Å²) in [5.74, 6) is 0.230. The predicted molar refractivity (Wildman–Crippen MR) is 99.9 cm³/mol. The van der Waals surface area contributed by atoms with Crippen molar-refractivity contribution in [2.75, 3.05) is 11.5 Å². The van der Waals surface area contributed by atoms with Crippen molar-refractivity contribution in [2.45, 2.75) is 30.8 Å². The van der Waals surface area contributed by atoms with E-state index in [1.807, 2.05) is 37.3 Å². The molecular formula is C19H20N5OS+. The van der Waals surface area contributed by atoms with Gasteiger partial charge in [0.1, 0.15) is 23.3 Å². The van der Waals surface area contributed by atoms with Crippen molar-refractivity contribution in [3.63, 3.8) is 0 Å². The number of H-pyrrole nitrogens is 1. The van der Waals surface area contributed by atoms with Gasteiger partial charge in [0.05, 0.1) is 5.75 Å². The Morgan fingerprint density at radius 1 is 1.27 bits per heavy atom. The van der Waals surface area contributed by atoms with Crippen LogP contribution in [0.15, 0.2) is 41.4 Å². The quantitative estimate of drug-likeness (QED) is 0.727. The van der Waals surface area contributed by atoms with Crippen molar-refractivity contribution < 1.29 is 9.78 Å². The summed E-state index contributed by atoms with van der Waals surface area (Å²) in [5, 5.41) is 21.6. The number of nitriles is 2. The number of rotatable bonds is 7. The van der Waals surface area contributed by atoms with Crippen molar-refractivity contribution in [2.24, 2.45) is 0 Å². The molecule has 0 fully saturated rings. The summed E-state index contributed by atoms with van der Waals surface area (Å²) >= 11 is 1.19. The van der Waals surface area contributed by atoms with Gasteiger partial charge in [-0.25, -0.2) is 4.98 Å². The lowest BCUT2D eigenvalue weighted by Gasteiger charge is -2.13. The third-order valence-electron chi connectivity index (χ3n) is 3.78. The van der Waals surface area contributed by atoms with Gasteiger partial charge in [-0.1, -0.05) is 42.1 Å². The molecule has 7 heteroatoms. The molecule has 0 saturated heterocycles. The molecule has 1 heterocycles. The van der Waals surface area contributed by atoms with E-state index in [-0.39, 0.29) is 29.1 Å². The number of nitrogens with one attached hydrogen (secondary N) is 2. The molecule has 2 rings (SSSR count). The molecule has 132 valence electrons. The number of nitrogens with two attached hydrogens (primary N) is 1. The Kier molecular flexibility index (Phi) is 7.02. The van der Waals surface area contributed by atoms with Crippen LogP contribution >= 0.6 is 11.8 Å². The molecule has 0 unspecified atom stereocenters. The summed E-state index contributed by atoms with van der Waals surface area (Å²) < 4.78 is 0. The fourth-order valence-corrected chi connectivity index (χ4v) is 3.19. The van der Waals surface area contributed by atoms with Crippen LogP contribution in [0.4, 0.5) is 5.82 Å². The van der Waals surface area contributed by atoms with Crippen LogP contribution < -0.4 is 16.0 Å². The average Bonchev–Trinajstić information content (AvgIpc) is 2.65. The zero-order valence-electron chi connectivity index (χ0n) is 14.5. The maximum atomic E-state index is 12.1. The molecule has 1 atom stereocenters. The van der Waals surface area contributed by atoms with Gasteiger partial charge in [0, 0.05) is 6.04 Å². The monoisotopic (exact) mass is 366 g/mol. The van der Waals surface area contributed by atoms with Crippen LogP contribution in [0.5, 0.6) is 0 Å². The summed E-state index contributed by atoms with van der Waals surface area (Å²) in [6.45, 7) is 1.97. The predicted octanol–water partition coefficient (Wildman–Crippen LogP) is 2.06. The number of amides is 1. The van der Waals surface area contributed by atoms with E-state index in [4.69, 9.17) is 11.0 Å². The van der Waals surface area contributed by atoms with E-state index in [0.717, 1.165) is 12.8 Å². The number of anilines is 1. The van der Waals surface area contributed by atoms with Gasteiger partial charge >= 0.3 is 0 Å². The van der Waals surface area contributed by atoms with Gasteiger partial charge in [0.15, 0.2) is 5.03 Å². The fourth-order valence-electron chi connectivity index (χ4n) is 2.39. The van der Waals surface area contributed by atoms with Crippen LogP contribution in [-0.2, 0) is 11.2 Å².